The molecule has 1 aliphatic heterocycles. The first-order valence-corrected chi connectivity index (χ1v) is 8.95. The summed E-state index contributed by atoms with van der Waals surface area (Å²) in [6, 6.07) is 7.10. The number of nitrogens with zero attached hydrogens (tertiary/aromatic N) is 2. The average Bonchev–Trinajstić information content (AvgIpc) is 2.52. The van der Waals surface area contributed by atoms with E-state index in [0.717, 1.165) is 26.2 Å². The lowest BCUT2D eigenvalue weighted by atomic mass is 10.0. The van der Waals surface area contributed by atoms with Gasteiger partial charge in [0.25, 0.3) is 0 Å². The topological polar surface area (TPSA) is 18.5 Å². The molecule has 1 aromatic carbocycles. The second-order valence-corrected chi connectivity index (χ2v) is 6.72. The van der Waals surface area contributed by atoms with E-state index in [0.29, 0.717) is 6.04 Å². The Morgan fingerprint density at radius 1 is 1.19 bits per heavy atom. The zero-order chi connectivity index (χ0) is 15.2. The van der Waals surface area contributed by atoms with Crippen molar-refractivity contribution in [1.82, 2.24) is 10.2 Å². The van der Waals surface area contributed by atoms with E-state index in [2.05, 4.69) is 70.0 Å². The van der Waals surface area contributed by atoms with E-state index in [1.54, 1.807) is 0 Å². The van der Waals surface area contributed by atoms with Gasteiger partial charge < -0.3 is 15.1 Å². The van der Waals surface area contributed by atoms with Crippen LogP contribution in [0.3, 0.4) is 0 Å². The quantitative estimate of drug-likeness (QED) is 0.841. The molecule has 0 spiro atoms. The number of rotatable bonds is 6. The summed E-state index contributed by atoms with van der Waals surface area (Å²) < 4.78 is 1.17. The molecule has 3 nitrogen and oxygen atoms in total. The maximum absolute atomic E-state index is 3.63. The van der Waals surface area contributed by atoms with Gasteiger partial charge in [0.05, 0.1) is 0 Å². The number of hydrogen-bond acceptors (Lipinski definition) is 3. The van der Waals surface area contributed by atoms with Gasteiger partial charge in [0.15, 0.2) is 0 Å². The minimum Gasteiger partial charge on any atom is -0.369 e. The van der Waals surface area contributed by atoms with Gasteiger partial charge in [-0.15, -0.1) is 0 Å². The predicted octanol–water partition coefficient (Wildman–Crippen LogP) is 3.65. The molecule has 1 unspecified atom stereocenters. The molecule has 1 aliphatic rings. The molecular weight excluding hydrogens is 326 g/mol. The SMILES string of the molecule is CCCNC(C)c1ccc(Br)cc1N1CCN(CC)CC1. The summed E-state index contributed by atoms with van der Waals surface area (Å²) in [5.41, 5.74) is 2.80. The van der Waals surface area contributed by atoms with Crippen molar-refractivity contribution in [3.8, 4) is 0 Å². The van der Waals surface area contributed by atoms with Gasteiger partial charge in [-0.2, -0.15) is 0 Å². The smallest absolute Gasteiger partial charge is 0.0426 e. The molecule has 1 N–H and O–H groups in total. The molecule has 0 aliphatic carbocycles. The number of anilines is 1. The van der Waals surface area contributed by atoms with Crippen LogP contribution in [0.2, 0.25) is 0 Å². The molecule has 1 aromatic rings. The van der Waals surface area contributed by atoms with Crippen LogP contribution in [0.4, 0.5) is 5.69 Å². The number of piperazine rings is 1. The molecule has 1 fully saturated rings. The van der Waals surface area contributed by atoms with Gasteiger partial charge in [-0.3, -0.25) is 0 Å². The van der Waals surface area contributed by atoms with Crippen LogP contribution in [-0.4, -0.2) is 44.2 Å². The van der Waals surface area contributed by atoms with E-state index < -0.39 is 0 Å². The highest BCUT2D eigenvalue weighted by Gasteiger charge is 2.20. The highest BCUT2D eigenvalue weighted by atomic mass is 79.9. The van der Waals surface area contributed by atoms with Crippen molar-refractivity contribution in [1.29, 1.82) is 0 Å². The molecule has 1 heterocycles. The second kappa shape index (κ2) is 8.16. The Morgan fingerprint density at radius 2 is 1.90 bits per heavy atom. The fourth-order valence-electron chi connectivity index (χ4n) is 2.93. The van der Waals surface area contributed by atoms with Crippen LogP contribution < -0.4 is 10.2 Å². The third-order valence-electron chi connectivity index (χ3n) is 4.32. The fraction of sp³-hybridized carbons (Fsp3) is 0.647. The van der Waals surface area contributed by atoms with Gasteiger partial charge in [0.1, 0.15) is 0 Å². The Balaban J connectivity index is 2.15. The van der Waals surface area contributed by atoms with E-state index in [9.17, 15) is 0 Å². The Labute approximate surface area is 137 Å². The van der Waals surface area contributed by atoms with Crippen LogP contribution in [0, 0.1) is 0 Å². The maximum Gasteiger partial charge on any atom is 0.0426 e. The second-order valence-electron chi connectivity index (χ2n) is 5.80. The lowest BCUT2D eigenvalue weighted by Crippen LogP contribution is -2.46. The van der Waals surface area contributed by atoms with Crippen LogP contribution >= 0.6 is 15.9 Å². The van der Waals surface area contributed by atoms with Gasteiger partial charge in [0.2, 0.25) is 0 Å². The Bertz CT molecular complexity index is 442. The van der Waals surface area contributed by atoms with Gasteiger partial charge in [-0.05, 0) is 44.1 Å². The summed E-state index contributed by atoms with van der Waals surface area (Å²) in [5.74, 6) is 0. The Kier molecular flexibility index (Phi) is 6.52. The van der Waals surface area contributed by atoms with Crippen LogP contribution in [0.1, 0.15) is 38.8 Å². The highest BCUT2D eigenvalue weighted by molar-refractivity contribution is 9.10. The first-order chi connectivity index (χ1) is 10.2. The summed E-state index contributed by atoms with van der Waals surface area (Å²) in [6.45, 7) is 13.5. The largest absolute Gasteiger partial charge is 0.369 e. The van der Waals surface area contributed by atoms with Gasteiger partial charge in [0, 0.05) is 42.4 Å². The first kappa shape index (κ1) is 16.8. The summed E-state index contributed by atoms with van der Waals surface area (Å²) in [7, 11) is 0. The van der Waals surface area contributed by atoms with Crippen molar-refractivity contribution in [2.75, 3.05) is 44.2 Å². The van der Waals surface area contributed by atoms with Crippen LogP contribution in [0.25, 0.3) is 0 Å². The number of benzene rings is 1. The summed E-state index contributed by atoms with van der Waals surface area (Å²) in [6.07, 6.45) is 1.17. The molecule has 0 amide bonds. The summed E-state index contributed by atoms with van der Waals surface area (Å²) in [5, 5.41) is 3.62. The van der Waals surface area contributed by atoms with Crippen molar-refractivity contribution in [2.24, 2.45) is 0 Å². The molecule has 1 saturated heterocycles. The number of likely N-dealkylation sites (N-methyl/N-ethyl adjacent to an activating group) is 1. The molecule has 4 heteroatoms. The molecule has 0 aromatic heterocycles. The molecule has 1 atom stereocenters. The Hall–Kier alpha value is -0.580. The molecule has 0 bridgehead atoms. The van der Waals surface area contributed by atoms with E-state index in [-0.39, 0.29) is 0 Å². The standard InChI is InChI=1S/C17H28BrN3/c1-4-8-19-14(3)16-7-6-15(18)13-17(16)21-11-9-20(5-2)10-12-21/h6-7,13-14,19H,4-5,8-12H2,1-3H3. The fourth-order valence-corrected chi connectivity index (χ4v) is 3.28. The van der Waals surface area contributed by atoms with Gasteiger partial charge >= 0.3 is 0 Å². The van der Waals surface area contributed by atoms with Gasteiger partial charge in [-0.25, -0.2) is 0 Å². The third kappa shape index (κ3) is 4.44. The van der Waals surface area contributed by atoms with Crippen molar-refractivity contribution in [3.05, 3.63) is 28.2 Å². The molecule has 2 rings (SSSR count). The van der Waals surface area contributed by atoms with Crippen molar-refractivity contribution < 1.29 is 0 Å². The van der Waals surface area contributed by atoms with Crippen LogP contribution in [0.15, 0.2) is 22.7 Å². The van der Waals surface area contributed by atoms with E-state index in [1.165, 1.54) is 35.2 Å². The van der Waals surface area contributed by atoms with Crippen molar-refractivity contribution in [3.63, 3.8) is 0 Å². The zero-order valence-electron chi connectivity index (χ0n) is 13.5. The van der Waals surface area contributed by atoms with E-state index >= 15 is 0 Å². The van der Waals surface area contributed by atoms with Crippen molar-refractivity contribution >= 4 is 21.6 Å². The third-order valence-corrected chi connectivity index (χ3v) is 4.81. The van der Waals surface area contributed by atoms with Crippen molar-refractivity contribution in [2.45, 2.75) is 33.2 Å². The van der Waals surface area contributed by atoms with E-state index in [1.807, 2.05) is 0 Å². The number of halogens is 1. The zero-order valence-corrected chi connectivity index (χ0v) is 15.1. The Morgan fingerprint density at radius 3 is 2.52 bits per heavy atom. The summed E-state index contributed by atoms with van der Waals surface area (Å²) >= 11 is 3.63. The highest BCUT2D eigenvalue weighted by Crippen LogP contribution is 2.30. The minimum absolute atomic E-state index is 0.400. The van der Waals surface area contributed by atoms with E-state index in [4.69, 9.17) is 0 Å². The van der Waals surface area contributed by atoms with Crippen LogP contribution in [0.5, 0.6) is 0 Å². The lowest BCUT2D eigenvalue weighted by Gasteiger charge is -2.37. The number of nitrogens with one attached hydrogen (secondary N) is 1. The molecule has 21 heavy (non-hydrogen) atoms. The first-order valence-electron chi connectivity index (χ1n) is 8.15. The molecule has 0 radical (unpaired) electrons. The molecule has 118 valence electrons. The molecular formula is C17H28BrN3. The average molecular weight is 354 g/mol. The normalized spacial score (nSPS) is 18.0. The van der Waals surface area contributed by atoms with Crippen LogP contribution in [-0.2, 0) is 0 Å². The number of hydrogen-bond donors (Lipinski definition) is 1. The lowest BCUT2D eigenvalue weighted by molar-refractivity contribution is 0.271. The summed E-state index contributed by atoms with van der Waals surface area (Å²) in [4.78, 5) is 5.06. The monoisotopic (exact) mass is 353 g/mol. The maximum atomic E-state index is 3.63. The van der Waals surface area contributed by atoms with Gasteiger partial charge in [-0.1, -0.05) is 35.8 Å². The minimum atomic E-state index is 0.400. The predicted molar refractivity (Wildman–Crippen MR) is 95.2 cm³/mol. The molecule has 0 saturated carbocycles.